The summed E-state index contributed by atoms with van der Waals surface area (Å²) in [5.74, 6) is 1.92. The van der Waals surface area contributed by atoms with Crippen molar-refractivity contribution in [3.05, 3.63) is 22.8 Å². The fraction of sp³-hybridized carbons (Fsp3) is 0.583. The third kappa shape index (κ3) is 3.49. The summed E-state index contributed by atoms with van der Waals surface area (Å²) in [5.41, 5.74) is 0. The average molecular weight is 269 g/mol. The summed E-state index contributed by atoms with van der Waals surface area (Å²) in [6.07, 6.45) is 7.00. The van der Waals surface area contributed by atoms with Crippen molar-refractivity contribution < 1.29 is 0 Å². The number of hydrogen-bond donors (Lipinski definition) is 1. The van der Waals surface area contributed by atoms with Gasteiger partial charge in [0, 0.05) is 6.54 Å². The number of hydrogen-bond acceptors (Lipinski definition) is 2. The van der Waals surface area contributed by atoms with Gasteiger partial charge in [0.1, 0.15) is 10.4 Å². The highest BCUT2D eigenvalue weighted by molar-refractivity contribution is 9.10. The highest BCUT2D eigenvalue weighted by atomic mass is 79.9. The molecule has 0 aliphatic heterocycles. The van der Waals surface area contributed by atoms with E-state index in [4.69, 9.17) is 0 Å². The number of rotatable bonds is 4. The van der Waals surface area contributed by atoms with Crippen molar-refractivity contribution in [1.29, 1.82) is 0 Å². The molecule has 1 aliphatic rings. The van der Waals surface area contributed by atoms with Crippen molar-refractivity contribution in [2.45, 2.75) is 32.1 Å². The molecule has 0 saturated heterocycles. The van der Waals surface area contributed by atoms with Crippen molar-refractivity contribution in [3.63, 3.8) is 0 Å². The topological polar surface area (TPSA) is 24.9 Å². The lowest BCUT2D eigenvalue weighted by atomic mass is 10.0. The molecule has 0 radical (unpaired) electrons. The number of halogens is 1. The average Bonchev–Trinajstić information content (AvgIpc) is 2.71. The van der Waals surface area contributed by atoms with Crippen molar-refractivity contribution in [2.75, 3.05) is 11.9 Å². The Labute approximate surface area is 99.6 Å². The van der Waals surface area contributed by atoms with Crippen molar-refractivity contribution in [2.24, 2.45) is 5.92 Å². The largest absolute Gasteiger partial charge is 0.370 e. The molecule has 82 valence electrons. The number of anilines is 1. The predicted octanol–water partition coefficient (Wildman–Crippen LogP) is 3.84. The smallest absolute Gasteiger partial charge is 0.127 e. The Morgan fingerprint density at radius 3 is 2.87 bits per heavy atom. The van der Waals surface area contributed by atoms with Crippen LogP contribution in [-0.2, 0) is 0 Å². The summed E-state index contributed by atoms with van der Waals surface area (Å²) in [6.45, 7) is 1.05. The molecule has 2 rings (SSSR count). The summed E-state index contributed by atoms with van der Waals surface area (Å²) >= 11 is 3.37. The third-order valence-corrected chi connectivity index (χ3v) is 3.49. The Hall–Kier alpha value is -0.570. The molecule has 1 fully saturated rings. The molecule has 2 nitrogen and oxygen atoms in total. The number of nitrogens with one attached hydrogen (secondary N) is 1. The van der Waals surface area contributed by atoms with E-state index in [-0.39, 0.29) is 0 Å². The second-order valence-electron chi connectivity index (χ2n) is 4.21. The van der Waals surface area contributed by atoms with Gasteiger partial charge >= 0.3 is 0 Å². The van der Waals surface area contributed by atoms with Gasteiger partial charge in [0.05, 0.1) is 0 Å². The van der Waals surface area contributed by atoms with Gasteiger partial charge in [-0.05, 0) is 40.4 Å². The van der Waals surface area contributed by atoms with E-state index in [2.05, 4.69) is 26.2 Å². The summed E-state index contributed by atoms with van der Waals surface area (Å²) in [4.78, 5) is 4.34. The highest BCUT2D eigenvalue weighted by Crippen LogP contribution is 2.27. The Morgan fingerprint density at radius 1 is 1.33 bits per heavy atom. The van der Waals surface area contributed by atoms with Gasteiger partial charge in [0.2, 0.25) is 0 Å². The van der Waals surface area contributed by atoms with E-state index >= 15 is 0 Å². The van der Waals surface area contributed by atoms with E-state index < -0.39 is 0 Å². The first kappa shape index (κ1) is 10.9. The fourth-order valence-electron chi connectivity index (χ4n) is 2.21. The first-order valence-corrected chi connectivity index (χ1v) is 6.50. The molecule has 15 heavy (non-hydrogen) atoms. The molecule has 0 amide bonds. The van der Waals surface area contributed by atoms with Crippen LogP contribution in [0.15, 0.2) is 22.8 Å². The van der Waals surface area contributed by atoms with Gasteiger partial charge in [-0.3, -0.25) is 0 Å². The maximum absolute atomic E-state index is 4.34. The number of pyridine rings is 1. The maximum Gasteiger partial charge on any atom is 0.127 e. The van der Waals surface area contributed by atoms with Crippen molar-refractivity contribution in [3.8, 4) is 0 Å². The summed E-state index contributed by atoms with van der Waals surface area (Å²) in [5, 5.41) is 3.37. The molecule has 0 atom stereocenters. The van der Waals surface area contributed by atoms with Crippen LogP contribution in [0.3, 0.4) is 0 Å². The van der Waals surface area contributed by atoms with E-state index in [1.807, 2.05) is 18.2 Å². The van der Waals surface area contributed by atoms with Gasteiger partial charge in [-0.2, -0.15) is 0 Å². The molecule has 1 heterocycles. The Balaban J connectivity index is 1.73. The van der Waals surface area contributed by atoms with E-state index in [0.717, 1.165) is 22.9 Å². The molecule has 3 heteroatoms. The molecule has 0 aromatic carbocycles. The minimum absolute atomic E-state index is 0.897. The minimum Gasteiger partial charge on any atom is -0.370 e. The first-order chi connectivity index (χ1) is 7.34. The van der Waals surface area contributed by atoms with Gasteiger partial charge in [-0.25, -0.2) is 4.98 Å². The maximum atomic E-state index is 4.34. The van der Waals surface area contributed by atoms with Crippen LogP contribution in [0, 0.1) is 5.92 Å². The van der Waals surface area contributed by atoms with E-state index in [1.54, 1.807) is 0 Å². The fourth-order valence-corrected chi connectivity index (χ4v) is 2.55. The lowest BCUT2D eigenvalue weighted by molar-refractivity contribution is 0.518. The van der Waals surface area contributed by atoms with Gasteiger partial charge in [-0.15, -0.1) is 0 Å². The highest BCUT2D eigenvalue weighted by Gasteiger charge is 2.13. The van der Waals surface area contributed by atoms with Crippen LogP contribution in [0.25, 0.3) is 0 Å². The Bertz CT molecular complexity index is 308. The summed E-state index contributed by atoms with van der Waals surface area (Å²) < 4.78 is 0.897. The molecular formula is C12H17BrN2. The van der Waals surface area contributed by atoms with Crippen molar-refractivity contribution in [1.82, 2.24) is 4.98 Å². The number of aromatic nitrogens is 1. The van der Waals surface area contributed by atoms with E-state index in [9.17, 15) is 0 Å². The lowest BCUT2D eigenvalue weighted by Crippen LogP contribution is -2.07. The monoisotopic (exact) mass is 268 g/mol. The van der Waals surface area contributed by atoms with Crippen LogP contribution in [0.4, 0.5) is 5.82 Å². The standard InChI is InChI=1S/C12H17BrN2/c13-11-6-3-7-12(15-11)14-9-8-10-4-1-2-5-10/h3,6-7,10H,1-2,4-5,8-9H2,(H,14,15). The van der Waals surface area contributed by atoms with Crippen LogP contribution in [0.5, 0.6) is 0 Å². The molecule has 1 saturated carbocycles. The molecule has 0 spiro atoms. The minimum atomic E-state index is 0.897. The second kappa shape index (κ2) is 5.50. The Kier molecular flexibility index (Phi) is 4.01. The predicted molar refractivity (Wildman–Crippen MR) is 67.0 cm³/mol. The van der Waals surface area contributed by atoms with Crippen LogP contribution >= 0.6 is 15.9 Å². The van der Waals surface area contributed by atoms with Gasteiger partial charge in [0.25, 0.3) is 0 Å². The van der Waals surface area contributed by atoms with Gasteiger partial charge in [-0.1, -0.05) is 31.7 Å². The molecule has 0 unspecified atom stereocenters. The zero-order valence-electron chi connectivity index (χ0n) is 8.88. The van der Waals surface area contributed by atoms with Crippen LogP contribution < -0.4 is 5.32 Å². The van der Waals surface area contributed by atoms with Crippen LogP contribution in [0.1, 0.15) is 32.1 Å². The van der Waals surface area contributed by atoms with E-state index in [0.29, 0.717) is 0 Å². The third-order valence-electron chi connectivity index (χ3n) is 3.05. The molecular weight excluding hydrogens is 252 g/mol. The van der Waals surface area contributed by atoms with Crippen LogP contribution in [0.2, 0.25) is 0 Å². The van der Waals surface area contributed by atoms with Gasteiger partial charge < -0.3 is 5.32 Å². The lowest BCUT2D eigenvalue weighted by Gasteiger charge is -2.10. The molecule has 1 N–H and O–H groups in total. The number of nitrogens with zero attached hydrogens (tertiary/aromatic N) is 1. The summed E-state index contributed by atoms with van der Waals surface area (Å²) in [7, 11) is 0. The molecule has 1 aromatic heterocycles. The zero-order chi connectivity index (χ0) is 10.5. The second-order valence-corrected chi connectivity index (χ2v) is 5.02. The van der Waals surface area contributed by atoms with Gasteiger partial charge in [0.15, 0.2) is 0 Å². The normalized spacial score (nSPS) is 16.9. The van der Waals surface area contributed by atoms with Crippen LogP contribution in [-0.4, -0.2) is 11.5 Å². The summed E-state index contributed by atoms with van der Waals surface area (Å²) in [6, 6.07) is 5.97. The zero-order valence-corrected chi connectivity index (χ0v) is 10.5. The SMILES string of the molecule is Brc1cccc(NCCC2CCCC2)n1. The molecule has 1 aromatic rings. The van der Waals surface area contributed by atoms with E-state index in [1.165, 1.54) is 32.1 Å². The first-order valence-electron chi connectivity index (χ1n) is 5.71. The molecule has 1 aliphatic carbocycles. The molecule has 0 bridgehead atoms. The Morgan fingerprint density at radius 2 is 2.13 bits per heavy atom. The van der Waals surface area contributed by atoms with Crippen molar-refractivity contribution >= 4 is 21.7 Å². The quantitative estimate of drug-likeness (QED) is 0.840.